The summed E-state index contributed by atoms with van der Waals surface area (Å²) in [7, 11) is 0. The third-order valence-corrected chi connectivity index (χ3v) is 6.17. The topological polar surface area (TPSA) is 39.0 Å². The fourth-order valence-electron chi connectivity index (χ4n) is 5.00. The lowest BCUT2D eigenvalue weighted by Gasteiger charge is -2.01. The molecule has 5 heteroatoms. The molecule has 4 aromatic carbocycles. The van der Waals surface area contributed by atoms with E-state index in [1.54, 1.807) is 0 Å². The SMILES string of the molecule is c1ccc2c(c1)ccc1nc3n(c4cccc5c4n3c3nc4ccccc4n53)c12. The molecule has 0 atom stereocenters. The molecule has 0 unspecified atom stereocenters. The summed E-state index contributed by atoms with van der Waals surface area (Å²) in [4.78, 5) is 10.0. The van der Waals surface area contributed by atoms with Crippen molar-refractivity contribution in [2.45, 2.75) is 0 Å². The van der Waals surface area contributed by atoms with Gasteiger partial charge in [0, 0.05) is 5.39 Å². The van der Waals surface area contributed by atoms with E-state index >= 15 is 0 Å². The van der Waals surface area contributed by atoms with Crippen molar-refractivity contribution in [3.63, 3.8) is 0 Å². The maximum atomic E-state index is 5.05. The first-order valence-electron chi connectivity index (χ1n) is 9.72. The zero-order valence-electron chi connectivity index (χ0n) is 15.2. The molecule has 0 saturated carbocycles. The van der Waals surface area contributed by atoms with E-state index in [0.29, 0.717) is 0 Å². The molecule has 0 aliphatic rings. The minimum absolute atomic E-state index is 0.909. The van der Waals surface area contributed by atoms with Crippen molar-refractivity contribution < 1.29 is 0 Å². The second-order valence-corrected chi connectivity index (χ2v) is 7.62. The van der Waals surface area contributed by atoms with Crippen LogP contribution < -0.4 is 0 Å². The molecule has 0 spiro atoms. The second kappa shape index (κ2) is 4.47. The third kappa shape index (κ3) is 1.45. The van der Waals surface area contributed by atoms with Gasteiger partial charge in [0.25, 0.3) is 0 Å². The average Bonchev–Trinajstić information content (AvgIpc) is 3.47. The normalized spacial score (nSPS) is 12.8. The molecular formula is C24H13N5. The lowest BCUT2D eigenvalue weighted by Crippen LogP contribution is -1.87. The summed E-state index contributed by atoms with van der Waals surface area (Å²) in [5.74, 6) is 1.82. The predicted octanol–water partition coefficient (Wildman–Crippen LogP) is 5.29. The Kier molecular flexibility index (Phi) is 2.15. The van der Waals surface area contributed by atoms with Gasteiger partial charge in [0.2, 0.25) is 11.6 Å². The van der Waals surface area contributed by atoms with Crippen LogP contribution >= 0.6 is 0 Å². The van der Waals surface area contributed by atoms with Gasteiger partial charge in [0.1, 0.15) is 5.52 Å². The first kappa shape index (κ1) is 14.0. The van der Waals surface area contributed by atoms with Gasteiger partial charge < -0.3 is 0 Å². The summed E-state index contributed by atoms with van der Waals surface area (Å²) in [6, 6.07) is 27.6. The van der Waals surface area contributed by atoms with Gasteiger partial charge in [0.05, 0.1) is 33.1 Å². The van der Waals surface area contributed by atoms with Gasteiger partial charge in [-0.15, -0.1) is 0 Å². The Hall–Kier alpha value is -4.12. The van der Waals surface area contributed by atoms with Crippen LogP contribution in [0.4, 0.5) is 0 Å². The van der Waals surface area contributed by atoms with Gasteiger partial charge in [-0.3, -0.25) is 8.80 Å². The molecule has 8 rings (SSSR count). The van der Waals surface area contributed by atoms with Crippen LogP contribution in [0.5, 0.6) is 0 Å². The minimum Gasteiger partial charge on any atom is -0.276 e. The zero-order valence-corrected chi connectivity index (χ0v) is 15.2. The third-order valence-electron chi connectivity index (χ3n) is 6.17. The quantitative estimate of drug-likeness (QED) is 0.363. The highest BCUT2D eigenvalue weighted by Crippen LogP contribution is 2.35. The fourth-order valence-corrected chi connectivity index (χ4v) is 5.00. The van der Waals surface area contributed by atoms with Crippen molar-refractivity contribution in [3.05, 3.63) is 78.9 Å². The standard InChI is InChI=1S/C24H13N5/c1-2-7-15-14(6-1)12-13-17-21(15)28-20-11-5-10-19-22(20)29(24(28)26-17)23-25-16-8-3-4-9-18(16)27(19)23/h1-13H. The number of hydrogen-bond donors (Lipinski definition) is 0. The van der Waals surface area contributed by atoms with Gasteiger partial charge in [0.15, 0.2) is 0 Å². The molecule has 0 N–H and O–H groups in total. The number of fused-ring (bicyclic) bond motifs is 12. The molecule has 0 saturated heterocycles. The van der Waals surface area contributed by atoms with Gasteiger partial charge in [-0.1, -0.05) is 48.5 Å². The van der Waals surface area contributed by atoms with E-state index in [1.807, 2.05) is 6.07 Å². The molecule has 5 nitrogen and oxygen atoms in total. The number of imidazole rings is 4. The monoisotopic (exact) mass is 371 g/mol. The van der Waals surface area contributed by atoms with Crippen molar-refractivity contribution in [2.75, 3.05) is 0 Å². The summed E-state index contributed by atoms with van der Waals surface area (Å²) >= 11 is 0. The predicted molar refractivity (Wildman–Crippen MR) is 116 cm³/mol. The maximum Gasteiger partial charge on any atom is 0.223 e. The summed E-state index contributed by atoms with van der Waals surface area (Å²) in [6.07, 6.45) is 0. The lowest BCUT2D eigenvalue weighted by molar-refractivity contribution is 1.15. The Bertz CT molecular complexity index is 1910. The van der Waals surface area contributed by atoms with Crippen molar-refractivity contribution in [1.82, 2.24) is 23.2 Å². The van der Waals surface area contributed by atoms with Crippen LogP contribution in [0.1, 0.15) is 0 Å². The molecule has 4 heterocycles. The molecule has 0 amide bonds. The van der Waals surface area contributed by atoms with Crippen LogP contribution in [-0.2, 0) is 0 Å². The molecule has 8 aromatic rings. The molecule has 4 aromatic heterocycles. The molecule has 0 fully saturated rings. The number of hydrogen-bond acceptors (Lipinski definition) is 2. The van der Waals surface area contributed by atoms with E-state index in [0.717, 1.165) is 50.2 Å². The lowest BCUT2D eigenvalue weighted by atomic mass is 10.1. The van der Waals surface area contributed by atoms with Crippen molar-refractivity contribution >= 4 is 60.9 Å². The molecule has 0 aliphatic heterocycles. The Labute approximate surface area is 163 Å². The van der Waals surface area contributed by atoms with Crippen molar-refractivity contribution in [1.29, 1.82) is 0 Å². The fraction of sp³-hybridized carbons (Fsp3) is 0. The number of aromatic nitrogens is 5. The van der Waals surface area contributed by atoms with Crippen LogP contribution in [0.3, 0.4) is 0 Å². The number of rotatable bonds is 0. The van der Waals surface area contributed by atoms with Gasteiger partial charge in [-0.25, -0.2) is 14.4 Å². The van der Waals surface area contributed by atoms with E-state index in [1.165, 1.54) is 10.8 Å². The molecule has 29 heavy (non-hydrogen) atoms. The maximum absolute atomic E-state index is 5.05. The van der Waals surface area contributed by atoms with Crippen LogP contribution in [0.2, 0.25) is 0 Å². The average molecular weight is 371 g/mol. The summed E-state index contributed by atoms with van der Waals surface area (Å²) in [5, 5.41) is 2.44. The highest BCUT2D eigenvalue weighted by Gasteiger charge is 2.23. The van der Waals surface area contributed by atoms with Gasteiger partial charge in [-0.05, 0) is 35.7 Å². The van der Waals surface area contributed by atoms with E-state index in [-0.39, 0.29) is 0 Å². The van der Waals surface area contributed by atoms with E-state index < -0.39 is 0 Å². The Morgan fingerprint density at radius 3 is 2.17 bits per heavy atom. The molecule has 0 radical (unpaired) electrons. The first-order valence-corrected chi connectivity index (χ1v) is 9.72. The van der Waals surface area contributed by atoms with Gasteiger partial charge in [-0.2, -0.15) is 0 Å². The summed E-state index contributed by atoms with van der Waals surface area (Å²) in [5.41, 5.74) is 7.76. The van der Waals surface area contributed by atoms with E-state index in [9.17, 15) is 0 Å². The van der Waals surface area contributed by atoms with Crippen LogP contribution in [0.15, 0.2) is 78.9 Å². The molecule has 0 bridgehead atoms. The van der Waals surface area contributed by atoms with Crippen molar-refractivity contribution in [3.8, 4) is 0 Å². The number of nitrogens with zero attached hydrogens (tertiary/aromatic N) is 5. The first-order chi connectivity index (χ1) is 14.4. The Morgan fingerprint density at radius 1 is 0.483 bits per heavy atom. The molecule has 134 valence electrons. The van der Waals surface area contributed by atoms with Crippen LogP contribution in [0, 0.1) is 0 Å². The number of para-hydroxylation sites is 3. The van der Waals surface area contributed by atoms with Crippen molar-refractivity contribution in [2.24, 2.45) is 0 Å². The Balaban J connectivity index is 1.75. The molecule has 0 aliphatic carbocycles. The minimum atomic E-state index is 0.909. The smallest absolute Gasteiger partial charge is 0.223 e. The molecular weight excluding hydrogens is 358 g/mol. The van der Waals surface area contributed by atoms with E-state index in [2.05, 4.69) is 86.0 Å². The second-order valence-electron chi connectivity index (χ2n) is 7.62. The Morgan fingerprint density at radius 2 is 1.21 bits per heavy atom. The summed E-state index contributed by atoms with van der Waals surface area (Å²) < 4.78 is 6.74. The van der Waals surface area contributed by atoms with Crippen LogP contribution in [0.25, 0.3) is 60.9 Å². The summed E-state index contributed by atoms with van der Waals surface area (Å²) in [6.45, 7) is 0. The highest BCUT2D eigenvalue weighted by atomic mass is 15.3. The van der Waals surface area contributed by atoms with Gasteiger partial charge >= 0.3 is 0 Å². The van der Waals surface area contributed by atoms with Crippen LogP contribution in [-0.4, -0.2) is 23.2 Å². The zero-order chi connectivity index (χ0) is 18.7. The number of benzene rings is 4. The largest absolute Gasteiger partial charge is 0.276 e. The van der Waals surface area contributed by atoms with E-state index in [4.69, 9.17) is 9.97 Å². The highest BCUT2D eigenvalue weighted by molar-refractivity contribution is 6.10.